The lowest BCUT2D eigenvalue weighted by atomic mass is 9.72. The summed E-state index contributed by atoms with van der Waals surface area (Å²) in [7, 11) is 0. The number of nitrogens with one attached hydrogen (secondary N) is 2. The zero-order chi connectivity index (χ0) is 24.3. The van der Waals surface area contributed by atoms with E-state index in [2.05, 4.69) is 138 Å². The predicted octanol–water partition coefficient (Wildman–Crippen LogP) is 6.45. The van der Waals surface area contributed by atoms with Gasteiger partial charge in [0, 0.05) is 29.3 Å². The third-order valence-corrected chi connectivity index (χ3v) is 8.39. The van der Waals surface area contributed by atoms with Crippen LogP contribution in [-0.4, -0.2) is 18.2 Å². The third kappa shape index (κ3) is 3.42. The summed E-state index contributed by atoms with van der Waals surface area (Å²) in [6.07, 6.45) is 23.6. The highest BCUT2D eigenvalue weighted by atomic mass is 15.4. The Kier molecular flexibility index (Phi) is 4.92. The fourth-order valence-corrected chi connectivity index (χ4v) is 6.28. The molecule has 2 aliphatic carbocycles. The van der Waals surface area contributed by atoms with Crippen LogP contribution in [0.4, 0.5) is 5.69 Å². The number of benzene rings is 2. The van der Waals surface area contributed by atoms with Crippen LogP contribution >= 0.6 is 0 Å². The van der Waals surface area contributed by atoms with Crippen molar-refractivity contribution in [2.45, 2.75) is 37.6 Å². The molecule has 2 saturated heterocycles. The minimum atomic E-state index is 0.0389. The van der Waals surface area contributed by atoms with Gasteiger partial charge in [-0.2, -0.15) is 0 Å². The molecule has 2 fully saturated rings. The van der Waals surface area contributed by atoms with Gasteiger partial charge in [0.1, 0.15) is 6.17 Å². The van der Waals surface area contributed by atoms with Crippen molar-refractivity contribution in [3.63, 3.8) is 0 Å². The van der Waals surface area contributed by atoms with Crippen LogP contribution in [0.25, 0.3) is 11.1 Å². The van der Waals surface area contributed by atoms with Crippen LogP contribution in [0.1, 0.15) is 36.1 Å². The zero-order valence-corrected chi connectivity index (χ0v) is 20.6. The summed E-state index contributed by atoms with van der Waals surface area (Å²) < 4.78 is 0. The molecule has 7 rings (SSSR count). The Hall–Kier alpha value is -3.66. The number of anilines is 1. The van der Waals surface area contributed by atoms with E-state index in [1.54, 1.807) is 0 Å². The number of hydrogen-bond donors (Lipinski definition) is 2. The minimum Gasteiger partial charge on any atom is -0.329 e. The molecule has 3 heterocycles. The first-order chi connectivity index (χ1) is 17.6. The molecule has 5 atom stereocenters. The highest BCUT2D eigenvalue weighted by Gasteiger charge is 2.46. The Bertz CT molecular complexity index is 1420. The Morgan fingerprint density at radius 1 is 1.00 bits per heavy atom. The van der Waals surface area contributed by atoms with Gasteiger partial charge in [-0.15, -0.1) is 0 Å². The van der Waals surface area contributed by atoms with Crippen molar-refractivity contribution >= 4 is 16.8 Å². The molecule has 2 aromatic carbocycles. The molecule has 178 valence electrons. The molecule has 36 heavy (non-hydrogen) atoms. The first-order valence-electron chi connectivity index (χ1n) is 12.9. The molecule has 4 unspecified atom stereocenters. The first-order valence-corrected chi connectivity index (χ1v) is 12.9. The summed E-state index contributed by atoms with van der Waals surface area (Å²) >= 11 is 0. The molecular formula is C33H31N3. The van der Waals surface area contributed by atoms with Gasteiger partial charge in [-0.25, -0.2) is 0 Å². The van der Waals surface area contributed by atoms with Gasteiger partial charge in [0.2, 0.25) is 0 Å². The molecule has 0 amide bonds. The van der Waals surface area contributed by atoms with E-state index in [9.17, 15) is 0 Å². The maximum absolute atomic E-state index is 4.37. The predicted molar refractivity (Wildman–Crippen MR) is 150 cm³/mol. The standard InChI is InChI=1S/C33H31N3/c1-22-10-7-9-19-36(32-31(35-32)23-11-4-3-5-12-23)29-21-25(14-16-26(22)29)24-15-17-28-27(20-24)33(2)18-8-6-13-30(33)34-28/h3-16,18-21,28,30-32,34-35H,1,17H2,2H3/b10-7-,19-9-/t28?,30?,31-,32?,33?/m1/s1. The van der Waals surface area contributed by atoms with Crippen molar-refractivity contribution in [2.24, 2.45) is 5.41 Å². The number of allylic oxidation sites excluding steroid dienone is 8. The van der Waals surface area contributed by atoms with Gasteiger partial charge in [0.25, 0.3) is 0 Å². The fourth-order valence-electron chi connectivity index (χ4n) is 6.28. The quantitative estimate of drug-likeness (QED) is 0.508. The SMILES string of the molecule is C=C1/C=C\C=C/N(C2N[C@@H]2c2ccccc2)c2cc(C3=CCC4NC5C=CC=CC5(C)C4=C3)ccc21. The molecule has 0 spiro atoms. The van der Waals surface area contributed by atoms with Crippen LogP contribution in [0.15, 0.2) is 122 Å². The van der Waals surface area contributed by atoms with E-state index >= 15 is 0 Å². The molecule has 5 aliphatic rings. The lowest BCUT2D eigenvalue weighted by molar-refractivity contribution is 0.466. The second-order valence-corrected chi connectivity index (χ2v) is 10.6. The van der Waals surface area contributed by atoms with Crippen LogP contribution < -0.4 is 15.5 Å². The maximum atomic E-state index is 4.37. The lowest BCUT2D eigenvalue weighted by Crippen LogP contribution is -2.34. The molecule has 3 heteroatoms. The molecular weight excluding hydrogens is 438 g/mol. The summed E-state index contributed by atoms with van der Waals surface area (Å²) in [5.41, 5.74) is 8.84. The van der Waals surface area contributed by atoms with Crippen LogP contribution in [0, 0.1) is 5.41 Å². The summed E-state index contributed by atoms with van der Waals surface area (Å²) in [6, 6.07) is 18.7. The summed E-state index contributed by atoms with van der Waals surface area (Å²) in [6.45, 7) is 6.74. The van der Waals surface area contributed by atoms with Gasteiger partial charge in [-0.05, 0) is 46.4 Å². The minimum absolute atomic E-state index is 0.0389. The van der Waals surface area contributed by atoms with Crippen LogP contribution in [-0.2, 0) is 0 Å². The Morgan fingerprint density at radius 2 is 1.89 bits per heavy atom. The van der Waals surface area contributed by atoms with E-state index in [0.29, 0.717) is 18.1 Å². The Labute approximate surface area is 213 Å². The summed E-state index contributed by atoms with van der Waals surface area (Å²) in [5, 5.41) is 7.53. The van der Waals surface area contributed by atoms with Gasteiger partial charge in [0.05, 0.1) is 11.7 Å². The van der Waals surface area contributed by atoms with E-state index in [4.69, 9.17) is 0 Å². The number of hydrogen-bond acceptors (Lipinski definition) is 3. The van der Waals surface area contributed by atoms with Crippen molar-refractivity contribution in [1.82, 2.24) is 10.6 Å². The van der Waals surface area contributed by atoms with E-state index in [1.165, 1.54) is 33.5 Å². The average molecular weight is 470 g/mol. The highest BCUT2D eigenvalue weighted by Crippen LogP contribution is 2.47. The number of rotatable bonds is 3. The van der Waals surface area contributed by atoms with E-state index in [-0.39, 0.29) is 11.6 Å². The monoisotopic (exact) mass is 469 g/mol. The highest BCUT2D eigenvalue weighted by molar-refractivity contribution is 5.87. The molecule has 0 saturated carbocycles. The molecule has 0 aromatic heterocycles. The molecule has 3 aliphatic heterocycles. The van der Waals surface area contributed by atoms with Gasteiger partial charge in [0.15, 0.2) is 0 Å². The molecule has 3 nitrogen and oxygen atoms in total. The van der Waals surface area contributed by atoms with Gasteiger partial charge in [-0.1, -0.05) is 105 Å². The van der Waals surface area contributed by atoms with Gasteiger partial charge in [-0.3, -0.25) is 5.32 Å². The van der Waals surface area contributed by atoms with E-state index in [1.807, 2.05) is 0 Å². The second-order valence-electron chi connectivity index (χ2n) is 10.6. The van der Waals surface area contributed by atoms with Crippen LogP contribution in [0.2, 0.25) is 0 Å². The topological polar surface area (TPSA) is 37.2 Å². The third-order valence-electron chi connectivity index (χ3n) is 8.39. The van der Waals surface area contributed by atoms with Crippen molar-refractivity contribution in [3.05, 3.63) is 138 Å². The zero-order valence-electron chi connectivity index (χ0n) is 20.6. The second kappa shape index (κ2) is 8.19. The average Bonchev–Trinajstić information content (AvgIpc) is 3.64. The molecule has 2 aromatic rings. The van der Waals surface area contributed by atoms with Crippen LogP contribution in [0.5, 0.6) is 0 Å². The maximum Gasteiger partial charge on any atom is 0.104 e. The number of nitrogens with zero attached hydrogens (tertiary/aromatic N) is 1. The largest absolute Gasteiger partial charge is 0.329 e. The molecule has 2 N–H and O–H groups in total. The van der Waals surface area contributed by atoms with E-state index < -0.39 is 0 Å². The van der Waals surface area contributed by atoms with Gasteiger partial charge >= 0.3 is 0 Å². The first kappa shape index (κ1) is 21.6. The lowest BCUT2D eigenvalue weighted by Gasteiger charge is -2.31. The summed E-state index contributed by atoms with van der Waals surface area (Å²) in [5.74, 6) is 0. The smallest absolute Gasteiger partial charge is 0.104 e. The van der Waals surface area contributed by atoms with E-state index in [0.717, 1.165) is 12.0 Å². The van der Waals surface area contributed by atoms with Crippen molar-refractivity contribution < 1.29 is 0 Å². The normalized spacial score (nSPS) is 33.5. The van der Waals surface area contributed by atoms with Crippen molar-refractivity contribution in [1.29, 1.82) is 0 Å². The van der Waals surface area contributed by atoms with Crippen molar-refractivity contribution in [3.8, 4) is 0 Å². The van der Waals surface area contributed by atoms with Crippen LogP contribution in [0.3, 0.4) is 0 Å². The summed E-state index contributed by atoms with van der Waals surface area (Å²) in [4.78, 5) is 2.38. The number of fused-ring (bicyclic) bond motifs is 4. The van der Waals surface area contributed by atoms with Gasteiger partial charge < -0.3 is 10.2 Å². The Morgan fingerprint density at radius 3 is 2.78 bits per heavy atom. The molecule has 0 radical (unpaired) electrons. The molecule has 0 bridgehead atoms. The Balaban J connectivity index is 1.26. The fraction of sp³-hybridized carbons (Fsp3) is 0.212. The van der Waals surface area contributed by atoms with Crippen molar-refractivity contribution in [2.75, 3.05) is 4.90 Å².